The fourth-order valence-electron chi connectivity index (χ4n) is 3.97. The number of carbonyl (C=O) groups excluding carboxylic acids is 1. The van der Waals surface area contributed by atoms with Gasteiger partial charge in [0.25, 0.3) is 0 Å². The second-order valence-corrected chi connectivity index (χ2v) is 8.45. The molecular weight excluding hydrogens is 431 g/mol. The first-order chi connectivity index (χ1) is 16.7. The topological polar surface area (TPSA) is 57.7 Å². The molecule has 1 aromatic heterocycles. The molecule has 4 rings (SSSR count). The number of amides is 1. The lowest BCUT2D eigenvalue weighted by Crippen LogP contribution is -2.46. The number of rotatable bonds is 10. The largest absolute Gasteiger partial charge is 0.494 e. The quantitative estimate of drug-likeness (QED) is 0.466. The molecule has 2 aromatic carbocycles. The van der Waals surface area contributed by atoms with Gasteiger partial charge in [-0.15, -0.1) is 0 Å². The monoisotopic (exact) mass is 462 g/mol. The maximum absolute atomic E-state index is 12.9. The molecule has 0 radical (unpaired) electrons. The van der Waals surface area contributed by atoms with Gasteiger partial charge in [-0.05, 0) is 53.9 Å². The van der Waals surface area contributed by atoms with Crippen molar-refractivity contribution in [2.24, 2.45) is 0 Å². The SMILES string of the molecule is O=C(Cc1ccc(F)cc1)NCCCOc1ccc(CN2CCN(c3ccccn3)CC2)cc1. The highest BCUT2D eigenvalue weighted by atomic mass is 19.1. The Balaban J connectivity index is 1.10. The van der Waals surface area contributed by atoms with Gasteiger partial charge < -0.3 is 15.0 Å². The summed E-state index contributed by atoms with van der Waals surface area (Å²) in [6, 6.07) is 20.3. The predicted molar refractivity (Wildman–Crippen MR) is 131 cm³/mol. The molecule has 178 valence electrons. The number of nitrogens with one attached hydrogen (secondary N) is 1. The fraction of sp³-hybridized carbons (Fsp3) is 0.333. The number of hydrogen-bond donors (Lipinski definition) is 1. The van der Waals surface area contributed by atoms with E-state index in [4.69, 9.17) is 4.74 Å². The van der Waals surface area contributed by atoms with Gasteiger partial charge in [0.2, 0.25) is 5.91 Å². The van der Waals surface area contributed by atoms with Gasteiger partial charge in [0.15, 0.2) is 0 Å². The highest BCUT2D eigenvalue weighted by Crippen LogP contribution is 2.17. The lowest BCUT2D eigenvalue weighted by molar-refractivity contribution is -0.120. The van der Waals surface area contributed by atoms with E-state index in [0.717, 1.165) is 56.3 Å². The van der Waals surface area contributed by atoms with Crippen molar-refractivity contribution in [2.75, 3.05) is 44.2 Å². The third-order valence-electron chi connectivity index (χ3n) is 5.87. The molecule has 1 amide bonds. The molecule has 7 heteroatoms. The highest BCUT2D eigenvalue weighted by Gasteiger charge is 2.17. The van der Waals surface area contributed by atoms with Crippen LogP contribution in [0.5, 0.6) is 5.75 Å². The zero-order valence-electron chi connectivity index (χ0n) is 19.3. The van der Waals surface area contributed by atoms with Crippen LogP contribution in [0.4, 0.5) is 10.2 Å². The van der Waals surface area contributed by atoms with Gasteiger partial charge in [-0.25, -0.2) is 9.37 Å². The van der Waals surface area contributed by atoms with Gasteiger partial charge in [0.1, 0.15) is 17.4 Å². The van der Waals surface area contributed by atoms with E-state index >= 15 is 0 Å². The Hall–Kier alpha value is -3.45. The average molecular weight is 463 g/mol. The molecule has 0 spiro atoms. The standard InChI is InChI=1S/C27H31FN4O2/c28-24-9-5-22(6-10-24)20-27(33)30-14-3-19-34-25-11-7-23(8-12-25)21-31-15-17-32(18-16-31)26-4-1-2-13-29-26/h1-2,4-13H,3,14-21H2,(H,30,33). The number of anilines is 1. The van der Waals surface area contributed by atoms with Crippen LogP contribution in [0.15, 0.2) is 72.9 Å². The first-order valence-electron chi connectivity index (χ1n) is 11.8. The highest BCUT2D eigenvalue weighted by molar-refractivity contribution is 5.78. The van der Waals surface area contributed by atoms with Crippen molar-refractivity contribution in [1.82, 2.24) is 15.2 Å². The smallest absolute Gasteiger partial charge is 0.224 e. The Morgan fingerprint density at radius 2 is 1.68 bits per heavy atom. The summed E-state index contributed by atoms with van der Waals surface area (Å²) in [5.41, 5.74) is 2.07. The number of ether oxygens (including phenoxy) is 1. The van der Waals surface area contributed by atoms with E-state index in [2.05, 4.69) is 38.3 Å². The number of halogens is 1. The second kappa shape index (κ2) is 12.1. The van der Waals surface area contributed by atoms with Gasteiger partial charge in [0, 0.05) is 45.5 Å². The Labute approximate surface area is 200 Å². The number of aromatic nitrogens is 1. The van der Waals surface area contributed by atoms with E-state index < -0.39 is 0 Å². The first-order valence-corrected chi connectivity index (χ1v) is 11.8. The molecule has 0 saturated carbocycles. The van der Waals surface area contributed by atoms with Crippen LogP contribution in [0.3, 0.4) is 0 Å². The molecule has 1 fully saturated rings. The minimum absolute atomic E-state index is 0.0724. The molecule has 0 aliphatic carbocycles. The van der Waals surface area contributed by atoms with Gasteiger partial charge in [0.05, 0.1) is 13.0 Å². The lowest BCUT2D eigenvalue weighted by atomic mass is 10.1. The number of piperazine rings is 1. The van der Waals surface area contributed by atoms with Crippen molar-refractivity contribution in [3.8, 4) is 5.75 Å². The van der Waals surface area contributed by atoms with E-state index in [1.807, 2.05) is 30.5 Å². The number of nitrogens with zero attached hydrogens (tertiary/aromatic N) is 3. The number of hydrogen-bond acceptors (Lipinski definition) is 5. The van der Waals surface area contributed by atoms with Crippen molar-refractivity contribution >= 4 is 11.7 Å². The number of carbonyl (C=O) groups is 1. The summed E-state index contributed by atoms with van der Waals surface area (Å²) in [6.07, 6.45) is 2.82. The van der Waals surface area contributed by atoms with Crippen LogP contribution in [0.1, 0.15) is 17.5 Å². The third-order valence-corrected chi connectivity index (χ3v) is 5.87. The average Bonchev–Trinajstić information content (AvgIpc) is 2.87. The van der Waals surface area contributed by atoms with Gasteiger partial charge in [-0.1, -0.05) is 30.3 Å². The Bertz CT molecular complexity index is 1020. The van der Waals surface area contributed by atoms with Crippen LogP contribution >= 0.6 is 0 Å². The summed E-state index contributed by atoms with van der Waals surface area (Å²) in [4.78, 5) is 21.2. The Kier molecular flexibility index (Phi) is 8.46. The van der Waals surface area contributed by atoms with Crippen molar-refractivity contribution in [3.63, 3.8) is 0 Å². The lowest BCUT2D eigenvalue weighted by Gasteiger charge is -2.35. The summed E-state index contributed by atoms with van der Waals surface area (Å²) in [5.74, 6) is 1.52. The molecule has 2 heterocycles. The molecule has 1 aliphatic heterocycles. The van der Waals surface area contributed by atoms with Gasteiger partial charge in [-0.3, -0.25) is 9.69 Å². The van der Waals surface area contributed by atoms with Crippen molar-refractivity contribution in [1.29, 1.82) is 0 Å². The van der Waals surface area contributed by atoms with Crippen LogP contribution in [-0.2, 0) is 17.8 Å². The molecule has 1 saturated heterocycles. The first kappa shape index (κ1) is 23.7. The van der Waals surface area contributed by atoms with E-state index in [-0.39, 0.29) is 18.1 Å². The minimum atomic E-state index is -0.297. The van der Waals surface area contributed by atoms with Crippen LogP contribution in [0.2, 0.25) is 0 Å². The van der Waals surface area contributed by atoms with Crippen LogP contribution in [-0.4, -0.2) is 55.1 Å². The van der Waals surface area contributed by atoms with E-state index in [1.54, 1.807) is 12.1 Å². The number of pyridine rings is 1. The molecule has 0 atom stereocenters. The molecule has 0 unspecified atom stereocenters. The van der Waals surface area contributed by atoms with Crippen LogP contribution < -0.4 is 15.0 Å². The van der Waals surface area contributed by atoms with Crippen LogP contribution in [0, 0.1) is 5.82 Å². The maximum Gasteiger partial charge on any atom is 0.224 e. The zero-order valence-corrected chi connectivity index (χ0v) is 19.3. The van der Waals surface area contributed by atoms with Gasteiger partial charge in [-0.2, -0.15) is 0 Å². The molecule has 6 nitrogen and oxygen atoms in total. The molecule has 34 heavy (non-hydrogen) atoms. The Morgan fingerprint density at radius 1 is 0.941 bits per heavy atom. The van der Waals surface area contributed by atoms with Crippen molar-refractivity contribution in [2.45, 2.75) is 19.4 Å². The number of benzene rings is 2. The van der Waals surface area contributed by atoms with Crippen molar-refractivity contribution < 1.29 is 13.9 Å². The van der Waals surface area contributed by atoms with E-state index in [0.29, 0.717) is 13.2 Å². The van der Waals surface area contributed by atoms with Gasteiger partial charge >= 0.3 is 0 Å². The molecular formula is C27H31FN4O2. The molecule has 3 aromatic rings. The summed E-state index contributed by atoms with van der Waals surface area (Å²) in [5, 5.41) is 2.87. The summed E-state index contributed by atoms with van der Waals surface area (Å²) >= 11 is 0. The predicted octanol–water partition coefficient (Wildman–Crippen LogP) is 3.67. The third kappa shape index (κ3) is 7.28. The zero-order chi connectivity index (χ0) is 23.6. The fourth-order valence-corrected chi connectivity index (χ4v) is 3.97. The van der Waals surface area contributed by atoms with E-state index in [1.165, 1.54) is 17.7 Å². The molecule has 1 aliphatic rings. The van der Waals surface area contributed by atoms with E-state index in [9.17, 15) is 9.18 Å². The summed E-state index contributed by atoms with van der Waals surface area (Å²) in [7, 11) is 0. The van der Waals surface area contributed by atoms with Crippen molar-refractivity contribution in [3.05, 3.63) is 89.9 Å². The molecule has 0 bridgehead atoms. The summed E-state index contributed by atoms with van der Waals surface area (Å²) in [6.45, 7) is 6.01. The maximum atomic E-state index is 12.9. The van der Waals surface area contributed by atoms with Crippen LogP contribution in [0.25, 0.3) is 0 Å². The Morgan fingerprint density at radius 3 is 2.38 bits per heavy atom. The summed E-state index contributed by atoms with van der Waals surface area (Å²) < 4.78 is 18.7. The second-order valence-electron chi connectivity index (χ2n) is 8.45. The minimum Gasteiger partial charge on any atom is -0.494 e. The molecule has 1 N–H and O–H groups in total. The normalized spacial score (nSPS) is 14.1.